The van der Waals surface area contributed by atoms with E-state index in [1.165, 1.54) is 12.1 Å². The molecule has 0 spiro atoms. The first-order chi connectivity index (χ1) is 5.56. The second-order valence-electron chi connectivity index (χ2n) is 3.64. The minimum Gasteiger partial charge on any atom is -0.207 e. The molecule has 0 N–H and O–H groups in total. The number of hydrogen-bond donors (Lipinski definition) is 0. The molecule has 0 aliphatic carbocycles. The van der Waals surface area contributed by atoms with Gasteiger partial charge in [-0.25, -0.2) is 4.39 Å². The van der Waals surface area contributed by atoms with E-state index in [1.807, 2.05) is 12.1 Å². The van der Waals surface area contributed by atoms with Crippen LogP contribution >= 0.6 is 0 Å². The van der Waals surface area contributed by atoms with E-state index in [2.05, 4.69) is 20.8 Å². The number of rotatable bonds is 2. The van der Waals surface area contributed by atoms with Crippen molar-refractivity contribution in [1.29, 1.82) is 0 Å². The zero-order chi connectivity index (χ0) is 9.19. The fourth-order valence-electron chi connectivity index (χ4n) is 1.05. The van der Waals surface area contributed by atoms with Crippen molar-refractivity contribution in [2.45, 2.75) is 25.7 Å². The number of halogens is 1. The molecule has 0 amide bonds. The lowest BCUT2D eigenvalue weighted by molar-refractivity contribution is 0.529. The third kappa shape index (κ3) is 1.84. The molecule has 1 heteroatoms. The van der Waals surface area contributed by atoms with Gasteiger partial charge in [0, 0.05) is 0 Å². The molecule has 0 bridgehead atoms. The largest absolute Gasteiger partial charge is 0.207 e. The molecule has 0 aromatic heterocycles. The molecule has 0 saturated carbocycles. The Labute approximate surface area is 73.4 Å². The summed E-state index contributed by atoms with van der Waals surface area (Å²) >= 11 is 0. The van der Waals surface area contributed by atoms with E-state index in [0.717, 1.165) is 12.0 Å². The van der Waals surface area contributed by atoms with Crippen molar-refractivity contribution in [1.82, 2.24) is 0 Å². The van der Waals surface area contributed by atoms with E-state index >= 15 is 0 Å². The quantitative estimate of drug-likeness (QED) is 0.630. The number of benzene rings is 1. The van der Waals surface area contributed by atoms with Crippen LogP contribution in [-0.4, -0.2) is 0 Å². The van der Waals surface area contributed by atoms with Gasteiger partial charge in [0.15, 0.2) is 0 Å². The maximum Gasteiger partial charge on any atom is 0.123 e. The van der Waals surface area contributed by atoms with Crippen molar-refractivity contribution in [3.8, 4) is 0 Å². The zero-order valence-corrected chi connectivity index (χ0v) is 7.60. The Balaban J connectivity index is 2.96. The summed E-state index contributed by atoms with van der Waals surface area (Å²) in [6, 6.07) is 6.63. The molecule has 0 fully saturated rings. The van der Waals surface area contributed by atoms with Gasteiger partial charge in [-0.1, -0.05) is 32.9 Å². The standard InChI is InChI=1S/C11H14F/c1-4-11(2,3)9-5-7-10(12)8-6-9/h5-8H,1,4H2,2-3H3. The van der Waals surface area contributed by atoms with Gasteiger partial charge in [-0.05, 0) is 29.5 Å². The average molecular weight is 165 g/mol. The molecule has 0 heterocycles. The second kappa shape index (κ2) is 3.26. The minimum absolute atomic E-state index is 0.0493. The van der Waals surface area contributed by atoms with E-state index in [0.29, 0.717) is 0 Å². The fraction of sp³-hybridized carbons (Fsp3) is 0.364. The molecule has 0 atom stereocenters. The van der Waals surface area contributed by atoms with E-state index in [4.69, 9.17) is 0 Å². The van der Waals surface area contributed by atoms with Crippen LogP contribution in [0.2, 0.25) is 0 Å². The topological polar surface area (TPSA) is 0 Å². The van der Waals surface area contributed by atoms with Gasteiger partial charge in [0.1, 0.15) is 5.82 Å². The Hall–Kier alpha value is -0.850. The van der Waals surface area contributed by atoms with Crippen molar-refractivity contribution >= 4 is 0 Å². The molecular formula is C11H14F. The molecule has 1 aromatic rings. The highest BCUT2D eigenvalue weighted by Crippen LogP contribution is 2.26. The molecular weight excluding hydrogens is 151 g/mol. The van der Waals surface area contributed by atoms with Gasteiger partial charge in [0.05, 0.1) is 0 Å². The summed E-state index contributed by atoms with van der Waals surface area (Å²) in [5, 5.41) is 0. The normalized spacial score (nSPS) is 11.7. The maximum atomic E-state index is 12.6. The Morgan fingerprint density at radius 1 is 1.25 bits per heavy atom. The Morgan fingerprint density at radius 3 is 2.17 bits per heavy atom. The Kier molecular flexibility index (Phi) is 2.51. The first-order valence-electron chi connectivity index (χ1n) is 4.11. The Bertz CT molecular complexity index is 246. The lowest BCUT2D eigenvalue weighted by Gasteiger charge is -2.22. The third-order valence-electron chi connectivity index (χ3n) is 2.25. The minimum atomic E-state index is -0.182. The zero-order valence-electron chi connectivity index (χ0n) is 7.60. The van der Waals surface area contributed by atoms with Crippen LogP contribution in [0.25, 0.3) is 0 Å². The van der Waals surface area contributed by atoms with E-state index in [-0.39, 0.29) is 11.2 Å². The van der Waals surface area contributed by atoms with Crippen LogP contribution in [0, 0.1) is 12.7 Å². The third-order valence-corrected chi connectivity index (χ3v) is 2.25. The van der Waals surface area contributed by atoms with Crippen LogP contribution in [-0.2, 0) is 5.41 Å². The predicted molar refractivity (Wildman–Crippen MR) is 49.4 cm³/mol. The monoisotopic (exact) mass is 165 g/mol. The Morgan fingerprint density at radius 2 is 1.75 bits per heavy atom. The summed E-state index contributed by atoms with van der Waals surface area (Å²) in [4.78, 5) is 0. The van der Waals surface area contributed by atoms with Gasteiger partial charge in [-0.2, -0.15) is 0 Å². The SMILES string of the molecule is [CH2]CC(C)(C)c1ccc(F)cc1. The van der Waals surface area contributed by atoms with Crippen LogP contribution in [0.15, 0.2) is 24.3 Å². The average Bonchev–Trinajstić information content (AvgIpc) is 2.05. The van der Waals surface area contributed by atoms with Crippen molar-refractivity contribution < 1.29 is 4.39 Å². The van der Waals surface area contributed by atoms with Crippen LogP contribution in [0.1, 0.15) is 25.8 Å². The van der Waals surface area contributed by atoms with Gasteiger partial charge in [-0.3, -0.25) is 0 Å². The first kappa shape index (κ1) is 9.24. The maximum absolute atomic E-state index is 12.6. The predicted octanol–water partition coefficient (Wildman–Crippen LogP) is 3.33. The smallest absolute Gasteiger partial charge is 0.123 e. The lowest BCUT2D eigenvalue weighted by Crippen LogP contribution is -2.15. The summed E-state index contributed by atoms with van der Waals surface area (Å²) in [6.45, 7) is 8.07. The summed E-state index contributed by atoms with van der Waals surface area (Å²) in [5.41, 5.74) is 1.19. The van der Waals surface area contributed by atoms with Crippen LogP contribution in [0.3, 0.4) is 0 Å². The van der Waals surface area contributed by atoms with Crippen molar-refractivity contribution in [3.63, 3.8) is 0 Å². The van der Waals surface area contributed by atoms with E-state index in [9.17, 15) is 4.39 Å². The molecule has 65 valence electrons. The van der Waals surface area contributed by atoms with E-state index < -0.39 is 0 Å². The first-order valence-corrected chi connectivity index (χ1v) is 4.11. The molecule has 1 aromatic carbocycles. The van der Waals surface area contributed by atoms with Crippen molar-refractivity contribution in [2.75, 3.05) is 0 Å². The van der Waals surface area contributed by atoms with Crippen LogP contribution < -0.4 is 0 Å². The van der Waals surface area contributed by atoms with Gasteiger partial charge >= 0.3 is 0 Å². The van der Waals surface area contributed by atoms with E-state index in [1.54, 1.807) is 0 Å². The van der Waals surface area contributed by atoms with Crippen molar-refractivity contribution in [2.24, 2.45) is 0 Å². The molecule has 12 heavy (non-hydrogen) atoms. The highest BCUT2D eigenvalue weighted by atomic mass is 19.1. The molecule has 0 nitrogen and oxygen atoms in total. The molecule has 0 aliphatic heterocycles. The molecule has 1 rings (SSSR count). The summed E-state index contributed by atoms with van der Waals surface area (Å²) < 4.78 is 12.6. The summed E-state index contributed by atoms with van der Waals surface area (Å²) in [6.07, 6.45) is 0.818. The summed E-state index contributed by atoms with van der Waals surface area (Å²) in [7, 11) is 0. The molecule has 0 saturated heterocycles. The number of hydrogen-bond acceptors (Lipinski definition) is 0. The second-order valence-corrected chi connectivity index (χ2v) is 3.64. The fourth-order valence-corrected chi connectivity index (χ4v) is 1.05. The molecule has 0 aliphatic rings. The van der Waals surface area contributed by atoms with Gasteiger partial charge in [0.25, 0.3) is 0 Å². The van der Waals surface area contributed by atoms with Gasteiger partial charge in [-0.15, -0.1) is 0 Å². The van der Waals surface area contributed by atoms with Crippen LogP contribution in [0.4, 0.5) is 4.39 Å². The lowest BCUT2D eigenvalue weighted by atomic mass is 9.82. The van der Waals surface area contributed by atoms with Crippen LogP contribution in [0.5, 0.6) is 0 Å². The van der Waals surface area contributed by atoms with Gasteiger partial charge in [0.2, 0.25) is 0 Å². The van der Waals surface area contributed by atoms with Crippen molar-refractivity contribution in [3.05, 3.63) is 42.6 Å². The molecule has 0 unspecified atom stereocenters. The summed E-state index contributed by atoms with van der Waals surface area (Å²) in [5.74, 6) is -0.182. The molecule has 1 radical (unpaired) electrons. The highest BCUT2D eigenvalue weighted by molar-refractivity contribution is 5.24. The highest BCUT2D eigenvalue weighted by Gasteiger charge is 2.17. The van der Waals surface area contributed by atoms with Gasteiger partial charge < -0.3 is 0 Å².